The molecule has 0 aliphatic carbocycles. The number of nitrogens with two attached hydrogens (primary N) is 1. The summed E-state index contributed by atoms with van der Waals surface area (Å²) in [6.45, 7) is 5.83. The number of nitrogen functional groups attached to an aromatic ring is 1. The van der Waals surface area contributed by atoms with Gasteiger partial charge < -0.3 is 15.3 Å². The Balaban J connectivity index is 1.77. The molecule has 130 valence electrons. The average Bonchev–Trinajstić information content (AvgIpc) is 3.03. The summed E-state index contributed by atoms with van der Waals surface area (Å²) < 4.78 is 5.40. The molecule has 1 atom stereocenters. The van der Waals surface area contributed by atoms with Crippen LogP contribution < -0.4 is 5.73 Å². The molecule has 0 fully saturated rings. The van der Waals surface area contributed by atoms with Gasteiger partial charge in [-0.15, -0.1) is 0 Å². The van der Waals surface area contributed by atoms with Crippen molar-refractivity contribution >= 4 is 17.4 Å². The first-order valence-electron chi connectivity index (χ1n) is 8.13. The van der Waals surface area contributed by atoms with Crippen LogP contribution in [0.25, 0.3) is 0 Å². The maximum atomic E-state index is 12.5. The first-order chi connectivity index (χ1) is 11.9. The Morgan fingerprint density at radius 2 is 2.00 bits per heavy atom. The van der Waals surface area contributed by atoms with E-state index >= 15 is 0 Å². The Morgan fingerprint density at radius 3 is 2.64 bits per heavy atom. The van der Waals surface area contributed by atoms with Crippen LogP contribution in [0.15, 0.2) is 35.5 Å². The lowest BCUT2D eigenvalue weighted by Gasteiger charge is -2.13. The number of rotatable bonds is 4. The summed E-state index contributed by atoms with van der Waals surface area (Å²) in [6.07, 6.45) is 0.319. The van der Waals surface area contributed by atoms with E-state index < -0.39 is 5.97 Å². The van der Waals surface area contributed by atoms with E-state index in [1.807, 2.05) is 38.1 Å². The number of nitrogens with zero attached hydrogens (tertiary/aromatic N) is 2. The number of pyridine rings is 1. The van der Waals surface area contributed by atoms with Crippen LogP contribution in [0.4, 0.5) is 5.69 Å². The van der Waals surface area contributed by atoms with Gasteiger partial charge in [0.25, 0.3) is 0 Å². The van der Waals surface area contributed by atoms with Crippen molar-refractivity contribution in [2.45, 2.75) is 39.9 Å². The van der Waals surface area contributed by atoms with Gasteiger partial charge >= 0.3 is 5.97 Å². The molecule has 0 spiro atoms. The van der Waals surface area contributed by atoms with Gasteiger partial charge in [-0.25, -0.2) is 9.78 Å². The van der Waals surface area contributed by atoms with Crippen molar-refractivity contribution in [2.24, 2.45) is 5.16 Å². The van der Waals surface area contributed by atoms with Gasteiger partial charge in [0.2, 0.25) is 0 Å². The molecule has 1 aromatic carbocycles. The second-order valence-electron chi connectivity index (χ2n) is 6.30. The molecule has 3 rings (SSSR count). The van der Waals surface area contributed by atoms with Crippen LogP contribution in [0, 0.1) is 13.8 Å². The smallest absolute Gasteiger partial charge is 0.357 e. The molecule has 1 unspecified atom stereocenters. The average molecular weight is 339 g/mol. The number of oxime groups is 1. The summed E-state index contributed by atoms with van der Waals surface area (Å²) >= 11 is 0. The fraction of sp³-hybridized carbons (Fsp3) is 0.316. The van der Waals surface area contributed by atoms with Crippen LogP contribution in [-0.2, 0) is 16.2 Å². The minimum absolute atomic E-state index is 0.187. The van der Waals surface area contributed by atoms with Crippen molar-refractivity contribution < 1.29 is 14.4 Å². The highest BCUT2D eigenvalue weighted by Gasteiger charge is 2.25. The molecule has 2 N–H and O–H groups in total. The van der Waals surface area contributed by atoms with Crippen LogP contribution in [-0.4, -0.2) is 16.7 Å². The van der Waals surface area contributed by atoms with E-state index in [1.165, 1.54) is 0 Å². The Morgan fingerprint density at radius 1 is 1.28 bits per heavy atom. The first-order valence-corrected chi connectivity index (χ1v) is 8.13. The normalized spacial score (nSPS) is 16.3. The van der Waals surface area contributed by atoms with Gasteiger partial charge in [0.05, 0.1) is 11.4 Å². The third-order valence-corrected chi connectivity index (χ3v) is 4.16. The molecule has 0 amide bonds. The molecule has 0 bridgehead atoms. The highest BCUT2D eigenvalue weighted by Crippen LogP contribution is 2.29. The number of ether oxygens (including phenoxy) is 1. The maximum Gasteiger partial charge on any atom is 0.357 e. The molecule has 0 saturated carbocycles. The molecule has 0 radical (unpaired) electrons. The van der Waals surface area contributed by atoms with Crippen molar-refractivity contribution in [3.05, 3.63) is 58.4 Å². The number of benzene rings is 1. The lowest BCUT2D eigenvalue weighted by atomic mass is 10.1. The molecule has 2 aromatic rings. The number of carbonyl (C=O) groups is 1. The number of esters is 1. The van der Waals surface area contributed by atoms with Gasteiger partial charge in [0, 0.05) is 17.7 Å². The van der Waals surface area contributed by atoms with Crippen molar-refractivity contribution in [3.63, 3.8) is 0 Å². The fourth-order valence-corrected chi connectivity index (χ4v) is 2.57. The van der Waals surface area contributed by atoms with Crippen molar-refractivity contribution in [1.29, 1.82) is 0 Å². The van der Waals surface area contributed by atoms with E-state index in [0.29, 0.717) is 23.4 Å². The summed E-state index contributed by atoms with van der Waals surface area (Å²) in [4.78, 5) is 22.2. The molecule has 25 heavy (non-hydrogen) atoms. The number of hydrogen-bond acceptors (Lipinski definition) is 6. The van der Waals surface area contributed by atoms with Gasteiger partial charge in [-0.05, 0) is 32.4 Å². The van der Waals surface area contributed by atoms with Gasteiger partial charge in [-0.3, -0.25) is 0 Å². The molecule has 2 heterocycles. The van der Waals surface area contributed by atoms with E-state index in [1.54, 1.807) is 13.0 Å². The number of carbonyl (C=O) groups excluding carboxylic acids is 1. The minimum Gasteiger partial charge on any atom is -0.456 e. The molecule has 0 saturated heterocycles. The van der Waals surface area contributed by atoms with Crippen molar-refractivity contribution in [3.8, 4) is 0 Å². The molecular weight excluding hydrogens is 318 g/mol. The number of aryl methyl sites for hydroxylation is 1. The highest BCUT2D eigenvalue weighted by molar-refractivity contribution is 5.90. The van der Waals surface area contributed by atoms with Crippen molar-refractivity contribution in [1.82, 2.24) is 4.98 Å². The minimum atomic E-state index is -0.498. The largest absolute Gasteiger partial charge is 0.456 e. The molecule has 1 aliphatic heterocycles. The Hall–Kier alpha value is -2.89. The van der Waals surface area contributed by atoms with E-state index in [0.717, 1.165) is 16.8 Å². The highest BCUT2D eigenvalue weighted by atomic mass is 16.6. The lowest BCUT2D eigenvalue weighted by molar-refractivity contribution is 0.0461. The van der Waals surface area contributed by atoms with E-state index in [9.17, 15) is 4.79 Å². The van der Waals surface area contributed by atoms with Gasteiger partial charge in [0.1, 0.15) is 6.61 Å². The van der Waals surface area contributed by atoms with E-state index in [-0.39, 0.29) is 18.4 Å². The standard InChI is InChI=1S/C19H21N3O3/c1-11-4-6-14(7-5-11)10-24-19(23)18-13(3)15(20)9-16(21-18)17-8-12(2)22-25-17/h4-7,9,17H,8,10H2,1-3H3,(H2,20,21). The topological polar surface area (TPSA) is 86.8 Å². The van der Waals surface area contributed by atoms with Gasteiger partial charge in [-0.2, -0.15) is 0 Å². The van der Waals surface area contributed by atoms with Crippen molar-refractivity contribution in [2.75, 3.05) is 5.73 Å². The summed E-state index contributed by atoms with van der Waals surface area (Å²) in [5, 5.41) is 3.92. The Labute approximate surface area is 146 Å². The summed E-state index contributed by atoms with van der Waals surface area (Å²) in [7, 11) is 0. The van der Waals surface area contributed by atoms with E-state index in [2.05, 4.69) is 10.1 Å². The number of aromatic nitrogens is 1. The van der Waals surface area contributed by atoms with Crippen LogP contribution in [0.5, 0.6) is 0 Å². The molecule has 6 nitrogen and oxygen atoms in total. The predicted molar refractivity (Wildman–Crippen MR) is 95.2 cm³/mol. The van der Waals surface area contributed by atoms with Crippen LogP contribution in [0.3, 0.4) is 0 Å². The van der Waals surface area contributed by atoms with Gasteiger partial charge in [-0.1, -0.05) is 35.0 Å². The zero-order valence-corrected chi connectivity index (χ0v) is 14.6. The number of anilines is 1. The van der Waals surface area contributed by atoms with Gasteiger partial charge in [0.15, 0.2) is 11.8 Å². The molecule has 1 aliphatic rings. The predicted octanol–water partition coefficient (Wildman–Crippen LogP) is 3.47. The summed E-state index contributed by atoms with van der Waals surface area (Å²) in [6, 6.07) is 9.54. The zero-order chi connectivity index (χ0) is 18.0. The van der Waals surface area contributed by atoms with Crippen LogP contribution in [0.2, 0.25) is 0 Å². The summed E-state index contributed by atoms with van der Waals surface area (Å²) in [5.74, 6) is -0.498. The summed E-state index contributed by atoms with van der Waals surface area (Å²) in [5.41, 5.74) is 10.9. The van der Waals surface area contributed by atoms with E-state index in [4.69, 9.17) is 15.3 Å². The molecule has 6 heteroatoms. The zero-order valence-electron chi connectivity index (χ0n) is 14.6. The quantitative estimate of drug-likeness (QED) is 0.862. The third kappa shape index (κ3) is 3.79. The second-order valence-corrected chi connectivity index (χ2v) is 6.30. The first kappa shape index (κ1) is 17.0. The fourth-order valence-electron chi connectivity index (χ4n) is 2.57. The second kappa shape index (κ2) is 6.93. The Kier molecular flexibility index (Phi) is 4.70. The number of hydrogen-bond donors (Lipinski definition) is 1. The maximum absolute atomic E-state index is 12.5. The monoisotopic (exact) mass is 339 g/mol. The van der Waals surface area contributed by atoms with Crippen LogP contribution in [0.1, 0.15) is 52.3 Å². The van der Waals surface area contributed by atoms with Crippen LogP contribution >= 0.6 is 0 Å². The molecular formula is C19H21N3O3. The Bertz CT molecular complexity index is 829. The molecule has 1 aromatic heterocycles. The SMILES string of the molecule is CC1=NOC(c2cc(N)c(C)c(C(=O)OCc3ccc(C)cc3)n2)C1. The third-order valence-electron chi connectivity index (χ3n) is 4.16. The lowest BCUT2D eigenvalue weighted by Crippen LogP contribution is -2.14.